The summed E-state index contributed by atoms with van der Waals surface area (Å²) >= 11 is 11.9. The van der Waals surface area contributed by atoms with Crippen LogP contribution in [0.5, 0.6) is 5.75 Å². The Balaban J connectivity index is 1.86. The van der Waals surface area contributed by atoms with E-state index in [0.717, 1.165) is 5.56 Å². The number of anilines is 1. The third kappa shape index (κ3) is 5.15. The summed E-state index contributed by atoms with van der Waals surface area (Å²) in [6.07, 6.45) is 0.0390. The van der Waals surface area contributed by atoms with Gasteiger partial charge in [-0.2, -0.15) is 0 Å². The van der Waals surface area contributed by atoms with Crippen molar-refractivity contribution in [3.63, 3.8) is 0 Å². The second-order valence-corrected chi connectivity index (χ2v) is 5.65. The summed E-state index contributed by atoms with van der Waals surface area (Å²) in [5.74, 6) is -0.404. The number of hydrogen-bond donors (Lipinski definition) is 1. The molecule has 0 atom stereocenters. The number of esters is 1. The Morgan fingerprint density at radius 3 is 2.42 bits per heavy atom. The van der Waals surface area contributed by atoms with E-state index in [-0.39, 0.29) is 12.1 Å². The van der Waals surface area contributed by atoms with E-state index in [1.165, 1.54) is 0 Å². The highest BCUT2D eigenvalue weighted by atomic mass is 35.5. The van der Waals surface area contributed by atoms with E-state index < -0.39 is 18.5 Å². The highest BCUT2D eigenvalue weighted by molar-refractivity contribution is 6.39. The molecule has 24 heavy (non-hydrogen) atoms. The molecule has 126 valence electrons. The summed E-state index contributed by atoms with van der Waals surface area (Å²) < 4.78 is 10.0. The van der Waals surface area contributed by atoms with Gasteiger partial charge in [0.15, 0.2) is 6.61 Å². The number of methoxy groups -OCH3 is 1. The van der Waals surface area contributed by atoms with Gasteiger partial charge in [0.1, 0.15) is 5.75 Å². The van der Waals surface area contributed by atoms with E-state index in [1.807, 2.05) is 0 Å². The molecule has 0 fully saturated rings. The Morgan fingerprint density at radius 2 is 1.75 bits per heavy atom. The molecule has 5 nitrogen and oxygen atoms in total. The van der Waals surface area contributed by atoms with Crippen LogP contribution in [0, 0.1) is 0 Å². The number of carbonyl (C=O) groups excluding carboxylic acids is 2. The minimum Gasteiger partial charge on any atom is -0.497 e. The maximum atomic E-state index is 11.8. The molecule has 0 aliphatic rings. The number of nitrogens with one attached hydrogen (secondary N) is 1. The average molecular weight is 368 g/mol. The van der Waals surface area contributed by atoms with Gasteiger partial charge in [-0.25, -0.2) is 0 Å². The fourth-order valence-electron chi connectivity index (χ4n) is 1.94. The van der Waals surface area contributed by atoms with Crippen LogP contribution in [0.4, 0.5) is 5.69 Å². The minimum absolute atomic E-state index is 0.0390. The topological polar surface area (TPSA) is 64.6 Å². The summed E-state index contributed by atoms with van der Waals surface area (Å²) in [7, 11) is 1.54. The van der Waals surface area contributed by atoms with Gasteiger partial charge in [0.25, 0.3) is 5.91 Å². The van der Waals surface area contributed by atoms with Crippen molar-refractivity contribution in [1.29, 1.82) is 0 Å². The number of halogens is 2. The molecule has 0 heterocycles. The lowest BCUT2D eigenvalue weighted by Crippen LogP contribution is -2.22. The van der Waals surface area contributed by atoms with Crippen LogP contribution in [-0.2, 0) is 20.7 Å². The van der Waals surface area contributed by atoms with Crippen molar-refractivity contribution >= 4 is 40.8 Å². The maximum Gasteiger partial charge on any atom is 0.310 e. The molecule has 1 N–H and O–H groups in total. The zero-order valence-corrected chi connectivity index (χ0v) is 14.4. The molecule has 0 bridgehead atoms. The van der Waals surface area contributed by atoms with Crippen molar-refractivity contribution in [2.45, 2.75) is 6.42 Å². The summed E-state index contributed by atoms with van der Waals surface area (Å²) in [6.45, 7) is -0.426. The van der Waals surface area contributed by atoms with E-state index in [1.54, 1.807) is 49.6 Å². The smallest absolute Gasteiger partial charge is 0.310 e. The van der Waals surface area contributed by atoms with E-state index in [9.17, 15) is 9.59 Å². The maximum absolute atomic E-state index is 11.8. The first-order valence-corrected chi connectivity index (χ1v) is 7.77. The van der Waals surface area contributed by atoms with Crippen LogP contribution >= 0.6 is 23.2 Å². The van der Waals surface area contributed by atoms with E-state index in [4.69, 9.17) is 32.7 Å². The molecule has 7 heteroatoms. The molecule has 2 rings (SSSR count). The molecule has 0 unspecified atom stereocenters. The highest BCUT2D eigenvalue weighted by Crippen LogP contribution is 2.29. The number of rotatable bonds is 6. The highest BCUT2D eigenvalue weighted by Gasteiger charge is 2.12. The van der Waals surface area contributed by atoms with Crippen molar-refractivity contribution in [2.24, 2.45) is 0 Å². The van der Waals surface area contributed by atoms with Crippen LogP contribution in [-0.4, -0.2) is 25.6 Å². The monoisotopic (exact) mass is 367 g/mol. The normalized spacial score (nSPS) is 10.1. The second-order valence-electron chi connectivity index (χ2n) is 4.83. The molecule has 0 saturated carbocycles. The van der Waals surface area contributed by atoms with Crippen molar-refractivity contribution in [2.75, 3.05) is 19.0 Å². The average Bonchev–Trinajstić information content (AvgIpc) is 2.56. The van der Waals surface area contributed by atoms with Gasteiger partial charge in [-0.1, -0.05) is 41.4 Å². The molecular weight excluding hydrogens is 353 g/mol. The zero-order valence-electron chi connectivity index (χ0n) is 12.8. The van der Waals surface area contributed by atoms with E-state index in [0.29, 0.717) is 15.8 Å². The lowest BCUT2D eigenvalue weighted by molar-refractivity contribution is -0.146. The summed E-state index contributed by atoms with van der Waals surface area (Å²) in [6, 6.07) is 11.9. The first-order valence-electron chi connectivity index (χ1n) is 7.02. The largest absolute Gasteiger partial charge is 0.497 e. The van der Waals surface area contributed by atoms with Gasteiger partial charge >= 0.3 is 5.97 Å². The molecule has 2 aromatic carbocycles. The van der Waals surface area contributed by atoms with Crippen LogP contribution in [0.1, 0.15) is 5.56 Å². The SMILES string of the molecule is COc1cccc(CC(=O)OCC(=O)Nc2c(Cl)cccc2Cl)c1. The van der Waals surface area contributed by atoms with E-state index in [2.05, 4.69) is 5.32 Å². The van der Waals surface area contributed by atoms with Gasteiger partial charge in [0.2, 0.25) is 0 Å². The predicted octanol–water partition coefficient (Wildman–Crippen LogP) is 3.73. The summed E-state index contributed by atoms with van der Waals surface area (Å²) in [5.41, 5.74) is 1.02. The van der Waals surface area contributed by atoms with Gasteiger partial charge in [-0.15, -0.1) is 0 Å². The van der Waals surface area contributed by atoms with Crippen molar-refractivity contribution < 1.29 is 19.1 Å². The Hall–Kier alpha value is -2.24. The van der Waals surface area contributed by atoms with Crippen LogP contribution in [0.3, 0.4) is 0 Å². The minimum atomic E-state index is -0.524. The lowest BCUT2D eigenvalue weighted by atomic mass is 10.1. The third-order valence-electron chi connectivity index (χ3n) is 3.07. The molecule has 2 aromatic rings. The number of amides is 1. The second kappa shape index (κ2) is 8.57. The van der Waals surface area contributed by atoms with Crippen LogP contribution in [0.2, 0.25) is 10.0 Å². The number of benzene rings is 2. The fraction of sp³-hybridized carbons (Fsp3) is 0.176. The number of para-hydroxylation sites is 1. The first-order chi connectivity index (χ1) is 11.5. The van der Waals surface area contributed by atoms with E-state index >= 15 is 0 Å². The Labute approximate surface area is 149 Å². The molecule has 1 amide bonds. The van der Waals surface area contributed by atoms with Gasteiger partial charge in [-0.3, -0.25) is 9.59 Å². The van der Waals surface area contributed by atoms with Crippen LogP contribution in [0.15, 0.2) is 42.5 Å². The Bertz CT molecular complexity index is 729. The predicted molar refractivity (Wildman–Crippen MR) is 92.7 cm³/mol. The van der Waals surface area contributed by atoms with Crippen molar-refractivity contribution in [3.8, 4) is 5.75 Å². The van der Waals surface area contributed by atoms with Crippen molar-refractivity contribution in [3.05, 3.63) is 58.1 Å². The Morgan fingerprint density at radius 1 is 1.08 bits per heavy atom. The summed E-state index contributed by atoms with van der Waals surface area (Å²) in [4.78, 5) is 23.7. The molecule has 0 saturated heterocycles. The van der Waals surface area contributed by atoms with Crippen molar-refractivity contribution in [1.82, 2.24) is 0 Å². The zero-order chi connectivity index (χ0) is 17.5. The molecule has 0 aliphatic carbocycles. The molecular formula is C17H15Cl2NO4. The van der Waals surface area contributed by atoms with Gasteiger partial charge in [0, 0.05) is 0 Å². The number of ether oxygens (including phenoxy) is 2. The molecule has 0 aliphatic heterocycles. The third-order valence-corrected chi connectivity index (χ3v) is 3.70. The van der Waals surface area contributed by atoms with Gasteiger partial charge in [0.05, 0.1) is 29.3 Å². The molecule has 0 radical (unpaired) electrons. The first kappa shape index (κ1) is 18.1. The van der Waals surface area contributed by atoms with Crippen LogP contribution in [0.25, 0.3) is 0 Å². The summed E-state index contributed by atoms with van der Waals surface area (Å²) in [5, 5.41) is 3.12. The quantitative estimate of drug-likeness (QED) is 0.790. The number of hydrogen-bond acceptors (Lipinski definition) is 4. The van der Waals surface area contributed by atoms with Gasteiger partial charge in [-0.05, 0) is 29.8 Å². The lowest BCUT2D eigenvalue weighted by Gasteiger charge is -2.09. The van der Waals surface area contributed by atoms with Gasteiger partial charge < -0.3 is 14.8 Å². The fourth-order valence-corrected chi connectivity index (χ4v) is 2.43. The van der Waals surface area contributed by atoms with Crippen LogP contribution < -0.4 is 10.1 Å². The Kier molecular flexibility index (Phi) is 6.46. The molecule has 0 spiro atoms. The standard InChI is InChI=1S/C17H15Cl2NO4/c1-23-12-5-2-4-11(8-12)9-16(22)24-10-15(21)20-17-13(18)6-3-7-14(17)19/h2-8H,9-10H2,1H3,(H,20,21). The molecule has 0 aromatic heterocycles. The number of carbonyl (C=O) groups is 2.